The number of rotatable bonds is 6. The monoisotopic (exact) mass is 328 g/mol. The predicted octanol–water partition coefficient (Wildman–Crippen LogP) is 1.39. The highest BCUT2D eigenvalue weighted by molar-refractivity contribution is 5.81. The van der Waals surface area contributed by atoms with Crippen LogP contribution in [0, 0.1) is 0 Å². The lowest BCUT2D eigenvalue weighted by atomic mass is 10.2. The smallest absolute Gasteiger partial charge is 0.275 e. The third kappa shape index (κ3) is 3.64. The van der Waals surface area contributed by atoms with Gasteiger partial charge in [0, 0.05) is 18.0 Å². The number of fused-ring (bicyclic) bond motifs is 1. The fourth-order valence-electron chi connectivity index (χ4n) is 3.30. The summed E-state index contributed by atoms with van der Waals surface area (Å²) >= 11 is 0. The Bertz CT molecular complexity index is 765. The average Bonchev–Trinajstić information content (AvgIpc) is 3.13. The average molecular weight is 328 g/mol. The summed E-state index contributed by atoms with van der Waals surface area (Å²) in [6, 6.07) is 7.65. The molecule has 1 aliphatic rings. The molecule has 2 aromatic rings. The van der Waals surface area contributed by atoms with E-state index in [0.29, 0.717) is 18.0 Å². The standard InChI is InChI=1S/C18H24N4O2/c1-2-15(21-9-5-6-10-21)12-19-17(23)13-22-18(24)16-8-4-3-7-14(16)11-20-22/h3-4,7-8,11,15H,2,5-6,9-10,12-13H2,1H3,(H,19,23). The molecule has 0 saturated carbocycles. The topological polar surface area (TPSA) is 67.2 Å². The Labute approximate surface area is 141 Å². The first-order valence-electron chi connectivity index (χ1n) is 8.64. The number of aromatic nitrogens is 2. The Morgan fingerprint density at radius 2 is 2.04 bits per heavy atom. The van der Waals surface area contributed by atoms with Gasteiger partial charge in [0.05, 0.1) is 11.6 Å². The number of carbonyl (C=O) groups excluding carboxylic acids is 1. The highest BCUT2D eigenvalue weighted by Gasteiger charge is 2.20. The third-order valence-electron chi connectivity index (χ3n) is 4.72. The van der Waals surface area contributed by atoms with Crippen molar-refractivity contribution in [3.63, 3.8) is 0 Å². The number of hydrogen-bond donors (Lipinski definition) is 1. The maximum absolute atomic E-state index is 12.4. The molecule has 24 heavy (non-hydrogen) atoms. The molecule has 3 rings (SSSR count). The molecule has 128 valence electrons. The van der Waals surface area contributed by atoms with Gasteiger partial charge in [-0.25, -0.2) is 4.68 Å². The van der Waals surface area contributed by atoms with Crippen molar-refractivity contribution in [3.05, 3.63) is 40.8 Å². The van der Waals surface area contributed by atoms with E-state index in [4.69, 9.17) is 0 Å². The zero-order valence-electron chi connectivity index (χ0n) is 14.1. The van der Waals surface area contributed by atoms with Crippen LogP contribution in [0.15, 0.2) is 35.3 Å². The van der Waals surface area contributed by atoms with Crippen LogP contribution in [-0.4, -0.2) is 46.3 Å². The van der Waals surface area contributed by atoms with Gasteiger partial charge in [-0.3, -0.25) is 14.5 Å². The first-order valence-corrected chi connectivity index (χ1v) is 8.64. The predicted molar refractivity (Wildman–Crippen MR) is 93.9 cm³/mol. The number of nitrogens with one attached hydrogen (secondary N) is 1. The molecule has 1 aromatic heterocycles. The van der Waals surface area contributed by atoms with Crippen LogP contribution in [0.5, 0.6) is 0 Å². The molecule has 6 nitrogen and oxygen atoms in total. The minimum Gasteiger partial charge on any atom is -0.353 e. The summed E-state index contributed by atoms with van der Waals surface area (Å²) in [7, 11) is 0. The third-order valence-corrected chi connectivity index (χ3v) is 4.72. The lowest BCUT2D eigenvalue weighted by Crippen LogP contribution is -2.43. The van der Waals surface area contributed by atoms with Crippen molar-refractivity contribution in [2.24, 2.45) is 0 Å². The molecule has 6 heteroatoms. The first kappa shape index (κ1) is 16.6. The van der Waals surface area contributed by atoms with Crippen molar-refractivity contribution in [2.45, 2.75) is 38.8 Å². The van der Waals surface area contributed by atoms with E-state index < -0.39 is 0 Å². The summed E-state index contributed by atoms with van der Waals surface area (Å²) in [5.41, 5.74) is -0.227. The molecule has 1 aliphatic heterocycles. The molecule has 1 fully saturated rings. The lowest BCUT2D eigenvalue weighted by molar-refractivity contribution is -0.122. The zero-order chi connectivity index (χ0) is 16.9. The van der Waals surface area contributed by atoms with E-state index >= 15 is 0 Å². The molecule has 1 amide bonds. The Morgan fingerprint density at radius 3 is 2.79 bits per heavy atom. The summed E-state index contributed by atoms with van der Waals surface area (Å²) in [6.45, 7) is 4.95. The van der Waals surface area contributed by atoms with E-state index in [2.05, 4.69) is 22.2 Å². The van der Waals surface area contributed by atoms with Crippen molar-refractivity contribution >= 4 is 16.7 Å². The molecule has 2 heterocycles. The Balaban J connectivity index is 1.62. The molecular formula is C18H24N4O2. The van der Waals surface area contributed by atoms with Gasteiger partial charge in [0.15, 0.2) is 0 Å². The van der Waals surface area contributed by atoms with E-state index in [1.807, 2.05) is 18.2 Å². The van der Waals surface area contributed by atoms with Crippen molar-refractivity contribution in [2.75, 3.05) is 19.6 Å². The normalized spacial score (nSPS) is 16.4. The van der Waals surface area contributed by atoms with Crippen LogP contribution in [0.4, 0.5) is 0 Å². The summed E-state index contributed by atoms with van der Waals surface area (Å²) in [6.07, 6.45) is 5.11. The first-order chi connectivity index (χ1) is 11.7. The highest BCUT2D eigenvalue weighted by Crippen LogP contribution is 2.13. The van der Waals surface area contributed by atoms with Gasteiger partial charge < -0.3 is 5.32 Å². The Morgan fingerprint density at radius 1 is 1.29 bits per heavy atom. The molecule has 1 aromatic carbocycles. The molecule has 0 radical (unpaired) electrons. The van der Waals surface area contributed by atoms with Gasteiger partial charge >= 0.3 is 0 Å². The number of likely N-dealkylation sites (tertiary alicyclic amines) is 1. The Hall–Kier alpha value is -2.21. The second kappa shape index (κ2) is 7.57. The summed E-state index contributed by atoms with van der Waals surface area (Å²) in [4.78, 5) is 27.0. The van der Waals surface area contributed by atoms with E-state index in [1.54, 1.807) is 12.3 Å². The largest absolute Gasteiger partial charge is 0.353 e. The SMILES string of the molecule is CCC(CNC(=O)Cn1ncc2ccccc2c1=O)N1CCCC1. The van der Waals surface area contributed by atoms with Crippen LogP contribution >= 0.6 is 0 Å². The maximum atomic E-state index is 12.4. The number of hydrogen-bond acceptors (Lipinski definition) is 4. The maximum Gasteiger partial charge on any atom is 0.275 e. The number of nitrogens with zero attached hydrogens (tertiary/aromatic N) is 3. The van der Waals surface area contributed by atoms with Gasteiger partial charge in [-0.1, -0.05) is 25.1 Å². The Kier molecular flexibility index (Phi) is 5.25. The number of carbonyl (C=O) groups is 1. The molecule has 0 bridgehead atoms. The van der Waals surface area contributed by atoms with Crippen LogP contribution in [0.3, 0.4) is 0 Å². The summed E-state index contributed by atoms with van der Waals surface area (Å²) in [5.74, 6) is -0.169. The van der Waals surface area contributed by atoms with Gasteiger partial charge in [0.1, 0.15) is 6.54 Å². The molecule has 1 unspecified atom stereocenters. The fraction of sp³-hybridized carbons (Fsp3) is 0.500. The molecule has 1 atom stereocenters. The molecule has 1 N–H and O–H groups in total. The number of amides is 1. The quantitative estimate of drug-likeness (QED) is 0.870. The second-order valence-electron chi connectivity index (χ2n) is 6.30. The minimum atomic E-state index is -0.227. The van der Waals surface area contributed by atoms with E-state index in [0.717, 1.165) is 24.9 Å². The van der Waals surface area contributed by atoms with Crippen molar-refractivity contribution in [1.29, 1.82) is 0 Å². The zero-order valence-corrected chi connectivity index (χ0v) is 14.1. The van der Waals surface area contributed by atoms with E-state index in [-0.39, 0.29) is 18.0 Å². The summed E-state index contributed by atoms with van der Waals surface area (Å²) in [5, 5.41) is 8.44. The van der Waals surface area contributed by atoms with Crippen molar-refractivity contribution in [1.82, 2.24) is 20.0 Å². The van der Waals surface area contributed by atoms with Gasteiger partial charge in [-0.05, 0) is 38.4 Å². The number of benzene rings is 1. The molecular weight excluding hydrogens is 304 g/mol. The van der Waals surface area contributed by atoms with Gasteiger partial charge in [0.2, 0.25) is 5.91 Å². The highest BCUT2D eigenvalue weighted by atomic mass is 16.2. The molecule has 0 spiro atoms. The van der Waals surface area contributed by atoms with Crippen LogP contribution < -0.4 is 10.9 Å². The van der Waals surface area contributed by atoms with Crippen LogP contribution in [0.25, 0.3) is 10.8 Å². The molecule has 0 aliphatic carbocycles. The van der Waals surface area contributed by atoms with Crippen LogP contribution in [-0.2, 0) is 11.3 Å². The van der Waals surface area contributed by atoms with Crippen LogP contribution in [0.1, 0.15) is 26.2 Å². The fourth-order valence-corrected chi connectivity index (χ4v) is 3.30. The summed E-state index contributed by atoms with van der Waals surface area (Å²) < 4.78 is 1.23. The van der Waals surface area contributed by atoms with E-state index in [1.165, 1.54) is 17.5 Å². The minimum absolute atomic E-state index is 0.0416. The van der Waals surface area contributed by atoms with Gasteiger partial charge in [-0.2, -0.15) is 5.10 Å². The lowest BCUT2D eigenvalue weighted by Gasteiger charge is -2.26. The van der Waals surface area contributed by atoms with E-state index in [9.17, 15) is 9.59 Å². The van der Waals surface area contributed by atoms with Crippen molar-refractivity contribution in [3.8, 4) is 0 Å². The van der Waals surface area contributed by atoms with Crippen LogP contribution in [0.2, 0.25) is 0 Å². The van der Waals surface area contributed by atoms with Gasteiger partial charge in [0.25, 0.3) is 5.56 Å². The molecule has 1 saturated heterocycles. The second-order valence-corrected chi connectivity index (χ2v) is 6.30. The van der Waals surface area contributed by atoms with Crippen molar-refractivity contribution < 1.29 is 4.79 Å². The van der Waals surface area contributed by atoms with Gasteiger partial charge in [-0.15, -0.1) is 0 Å².